The Hall–Kier alpha value is -0.610. The van der Waals surface area contributed by atoms with E-state index in [2.05, 4.69) is 6.92 Å². The first-order chi connectivity index (χ1) is 9.22. The third-order valence-electron chi connectivity index (χ3n) is 4.80. The number of likely N-dealkylation sites (tertiary alicyclic amines) is 1. The highest BCUT2D eigenvalue weighted by atomic mass is 16.5. The second kappa shape index (κ2) is 7.25. The lowest BCUT2D eigenvalue weighted by molar-refractivity contribution is -0.134. The molecule has 2 atom stereocenters. The summed E-state index contributed by atoms with van der Waals surface area (Å²) < 4.78 is 5.34. The summed E-state index contributed by atoms with van der Waals surface area (Å²) in [5.74, 6) is 1.27. The highest BCUT2D eigenvalue weighted by Crippen LogP contribution is 2.23. The molecule has 0 radical (unpaired) electrons. The maximum atomic E-state index is 12.5. The van der Waals surface area contributed by atoms with Gasteiger partial charge < -0.3 is 15.4 Å². The van der Waals surface area contributed by atoms with Crippen molar-refractivity contribution in [2.75, 3.05) is 26.3 Å². The lowest BCUT2D eigenvalue weighted by Crippen LogP contribution is -2.49. The summed E-state index contributed by atoms with van der Waals surface area (Å²) in [6, 6.07) is -0.318. The Labute approximate surface area is 116 Å². The van der Waals surface area contributed by atoms with E-state index in [9.17, 15) is 4.79 Å². The maximum absolute atomic E-state index is 12.5. The van der Waals surface area contributed by atoms with Crippen LogP contribution in [0.3, 0.4) is 0 Å². The molecule has 0 aliphatic carbocycles. The number of amides is 1. The zero-order valence-corrected chi connectivity index (χ0v) is 12.1. The van der Waals surface area contributed by atoms with E-state index in [-0.39, 0.29) is 11.9 Å². The average molecular weight is 268 g/mol. The van der Waals surface area contributed by atoms with Crippen LogP contribution in [0, 0.1) is 11.8 Å². The Kier molecular flexibility index (Phi) is 5.64. The molecule has 0 aromatic carbocycles. The van der Waals surface area contributed by atoms with Gasteiger partial charge in [-0.15, -0.1) is 0 Å². The molecule has 0 bridgehead atoms. The molecular formula is C15H28N2O2. The van der Waals surface area contributed by atoms with Crippen LogP contribution in [0.15, 0.2) is 0 Å². The predicted octanol–water partition coefficient (Wildman–Crippen LogP) is 1.78. The van der Waals surface area contributed by atoms with Gasteiger partial charge in [0.2, 0.25) is 5.91 Å². The number of ether oxygens (including phenoxy) is 1. The standard InChI is InChI=1S/C15H28N2O2/c1-2-12-4-3-8-17(9-5-12)15(18)14(16)13-6-10-19-11-7-13/h12-14H,2-11,16H2,1H3. The van der Waals surface area contributed by atoms with Crippen molar-refractivity contribution in [1.29, 1.82) is 0 Å². The van der Waals surface area contributed by atoms with Crippen LogP contribution in [0.4, 0.5) is 0 Å². The van der Waals surface area contributed by atoms with Crippen molar-refractivity contribution < 1.29 is 9.53 Å². The minimum Gasteiger partial charge on any atom is -0.381 e. The molecule has 0 saturated carbocycles. The van der Waals surface area contributed by atoms with Crippen LogP contribution in [0.2, 0.25) is 0 Å². The van der Waals surface area contributed by atoms with E-state index >= 15 is 0 Å². The molecule has 2 aliphatic rings. The van der Waals surface area contributed by atoms with Crippen LogP contribution < -0.4 is 5.73 Å². The Morgan fingerprint density at radius 2 is 2.00 bits per heavy atom. The summed E-state index contributed by atoms with van der Waals surface area (Å²) in [6.07, 6.45) is 6.62. The first-order valence-electron chi connectivity index (χ1n) is 7.84. The summed E-state index contributed by atoms with van der Waals surface area (Å²) in [5.41, 5.74) is 6.19. The highest BCUT2D eigenvalue weighted by Gasteiger charge is 2.30. The van der Waals surface area contributed by atoms with Gasteiger partial charge in [-0.2, -0.15) is 0 Å². The van der Waals surface area contributed by atoms with Crippen LogP contribution in [-0.4, -0.2) is 43.2 Å². The van der Waals surface area contributed by atoms with E-state index in [1.54, 1.807) is 0 Å². The summed E-state index contributed by atoms with van der Waals surface area (Å²) in [4.78, 5) is 14.5. The number of nitrogens with two attached hydrogens (primary N) is 1. The molecule has 2 heterocycles. The smallest absolute Gasteiger partial charge is 0.239 e. The number of hydrogen-bond acceptors (Lipinski definition) is 3. The van der Waals surface area contributed by atoms with Crippen molar-refractivity contribution in [3.8, 4) is 0 Å². The fourth-order valence-corrected chi connectivity index (χ4v) is 3.28. The second-order valence-corrected chi connectivity index (χ2v) is 6.01. The van der Waals surface area contributed by atoms with Gasteiger partial charge in [-0.1, -0.05) is 13.3 Å². The number of carbonyl (C=O) groups excluding carboxylic acids is 1. The van der Waals surface area contributed by atoms with Gasteiger partial charge in [0, 0.05) is 26.3 Å². The van der Waals surface area contributed by atoms with Gasteiger partial charge in [-0.05, 0) is 43.9 Å². The molecular weight excluding hydrogens is 240 g/mol. The number of hydrogen-bond donors (Lipinski definition) is 1. The maximum Gasteiger partial charge on any atom is 0.239 e. The lowest BCUT2D eigenvalue weighted by atomic mass is 9.91. The number of rotatable bonds is 3. The molecule has 1 amide bonds. The Bertz CT molecular complexity index is 290. The molecule has 2 N–H and O–H groups in total. The SMILES string of the molecule is CCC1CCCN(C(=O)C(N)C2CCOCC2)CC1. The number of carbonyl (C=O) groups is 1. The van der Waals surface area contributed by atoms with Crippen LogP contribution in [0.1, 0.15) is 45.4 Å². The van der Waals surface area contributed by atoms with E-state index in [0.29, 0.717) is 5.92 Å². The van der Waals surface area contributed by atoms with Crippen molar-refractivity contribution >= 4 is 5.91 Å². The molecule has 4 nitrogen and oxygen atoms in total. The summed E-state index contributed by atoms with van der Waals surface area (Å²) in [6.45, 7) is 5.55. The third-order valence-corrected chi connectivity index (χ3v) is 4.80. The second-order valence-electron chi connectivity index (χ2n) is 6.01. The van der Waals surface area contributed by atoms with Crippen LogP contribution >= 0.6 is 0 Å². The minimum atomic E-state index is -0.318. The monoisotopic (exact) mass is 268 g/mol. The van der Waals surface area contributed by atoms with Gasteiger partial charge in [-0.3, -0.25) is 4.79 Å². The largest absolute Gasteiger partial charge is 0.381 e. The van der Waals surface area contributed by atoms with Gasteiger partial charge in [0.25, 0.3) is 0 Å². The molecule has 4 heteroatoms. The Morgan fingerprint density at radius 1 is 1.26 bits per heavy atom. The van der Waals surface area contributed by atoms with Crippen molar-refractivity contribution in [3.05, 3.63) is 0 Å². The van der Waals surface area contributed by atoms with Crippen LogP contribution in [0.5, 0.6) is 0 Å². The van der Waals surface area contributed by atoms with Crippen molar-refractivity contribution in [2.24, 2.45) is 17.6 Å². The Balaban J connectivity index is 1.87. The summed E-state index contributed by atoms with van der Waals surface area (Å²) in [5, 5.41) is 0. The van der Waals surface area contributed by atoms with Crippen molar-refractivity contribution in [3.63, 3.8) is 0 Å². The first-order valence-corrected chi connectivity index (χ1v) is 7.84. The van der Waals surface area contributed by atoms with Crippen LogP contribution in [-0.2, 0) is 9.53 Å². The van der Waals surface area contributed by atoms with E-state index in [4.69, 9.17) is 10.5 Å². The summed E-state index contributed by atoms with van der Waals surface area (Å²) >= 11 is 0. The van der Waals surface area contributed by atoms with E-state index in [0.717, 1.165) is 57.9 Å². The predicted molar refractivity (Wildman–Crippen MR) is 75.7 cm³/mol. The van der Waals surface area contributed by atoms with Gasteiger partial charge >= 0.3 is 0 Å². The van der Waals surface area contributed by atoms with Crippen LogP contribution in [0.25, 0.3) is 0 Å². The fourth-order valence-electron chi connectivity index (χ4n) is 3.28. The Morgan fingerprint density at radius 3 is 2.68 bits per heavy atom. The first kappa shape index (κ1) is 14.8. The topological polar surface area (TPSA) is 55.6 Å². The molecule has 2 unspecified atom stereocenters. The van der Waals surface area contributed by atoms with Gasteiger partial charge in [0.05, 0.1) is 6.04 Å². The van der Waals surface area contributed by atoms with Crippen molar-refractivity contribution in [2.45, 2.75) is 51.5 Å². The normalized spacial score (nSPS) is 27.9. The third kappa shape index (κ3) is 3.93. The molecule has 0 aromatic rings. The van der Waals surface area contributed by atoms with E-state index in [1.165, 1.54) is 12.8 Å². The zero-order chi connectivity index (χ0) is 13.7. The quantitative estimate of drug-likeness (QED) is 0.849. The summed E-state index contributed by atoms with van der Waals surface area (Å²) in [7, 11) is 0. The molecule has 2 fully saturated rings. The molecule has 19 heavy (non-hydrogen) atoms. The van der Waals surface area contributed by atoms with E-state index < -0.39 is 0 Å². The number of nitrogens with zero attached hydrogens (tertiary/aromatic N) is 1. The van der Waals surface area contributed by atoms with Gasteiger partial charge in [-0.25, -0.2) is 0 Å². The van der Waals surface area contributed by atoms with E-state index in [1.807, 2.05) is 4.90 Å². The average Bonchev–Trinajstić information content (AvgIpc) is 2.72. The van der Waals surface area contributed by atoms with Crippen molar-refractivity contribution in [1.82, 2.24) is 4.90 Å². The van der Waals surface area contributed by atoms with Gasteiger partial charge in [0.1, 0.15) is 0 Å². The molecule has 2 saturated heterocycles. The molecule has 0 spiro atoms. The zero-order valence-electron chi connectivity index (χ0n) is 12.1. The minimum absolute atomic E-state index is 0.170. The lowest BCUT2D eigenvalue weighted by Gasteiger charge is -2.31. The fraction of sp³-hybridized carbons (Fsp3) is 0.933. The highest BCUT2D eigenvalue weighted by molar-refractivity contribution is 5.82. The van der Waals surface area contributed by atoms with Gasteiger partial charge in [0.15, 0.2) is 0 Å². The molecule has 110 valence electrons. The molecule has 2 rings (SSSR count). The molecule has 2 aliphatic heterocycles. The molecule has 0 aromatic heterocycles.